The van der Waals surface area contributed by atoms with Crippen molar-refractivity contribution in [2.75, 3.05) is 7.05 Å². The molecule has 0 aromatic heterocycles. The minimum Gasteiger partial charge on any atom is -0.508 e. The Morgan fingerprint density at radius 2 is 1.95 bits per heavy atom. The lowest BCUT2D eigenvalue weighted by atomic mass is 10.0. The summed E-state index contributed by atoms with van der Waals surface area (Å²) < 4.78 is 0. The molecule has 0 amide bonds. The molecule has 2 aromatic carbocycles. The van der Waals surface area contributed by atoms with E-state index in [0.29, 0.717) is 13.0 Å². The van der Waals surface area contributed by atoms with Gasteiger partial charge >= 0.3 is 5.97 Å². The van der Waals surface area contributed by atoms with Crippen molar-refractivity contribution in [1.82, 2.24) is 4.90 Å². The molecular formula is C16H19NO3. The summed E-state index contributed by atoms with van der Waals surface area (Å²) in [5, 5.41) is 21.3. The minimum atomic E-state index is -0.838. The van der Waals surface area contributed by atoms with Crippen LogP contribution in [0.25, 0.3) is 10.8 Å². The molecule has 2 aromatic rings. The van der Waals surface area contributed by atoms with Crippen LogP contribution in [-0.2, 0) is 11.3 Å². The highest BCUT2D eigenvalue weighted by atomic mass is 16.4. The van der Waals surface area contributed by atoms with Crippen molar-refractivity contribution in [2.24, 2.45) is 0 Å². The number of phenols is 1. The quantitative estimate of drug-likeness (QED) is 0.879. The zero-order valence-corrected chi connectivity index (χ0v) is 11.7. The Balaban J connectivity index is 2.38. The molecule has 0 heterocycles. The first-order valence-corrected chi connectivity index (χ1v) is 6.67. The fraction of sp³-hybridized carbons (Fsp3) is 0.312. The number of hydrogen-bond acceptors (Lipinski definition) is 3. The average Bonchev–Trinajstić information content (AvgIpc) is 2.42. The predicted molar refractivity (Wildman–Crippen MR) is 78.8 cm³/mol. The fourth-order valence-corrected chi connectivity index (χ4v) is 2.53. The van der Waals surface area contributed by atoms with E-state index >= 15 is 0 Å². The number of carbonyl (C=O) groups is 1. The number of aromatic hydroxyl groups is 1. The number of likely N-dealkylation sites (N-methyl/N-ethyl adjacent to an activating group) is 1. The van der Waals surface area contributed by atoms with Gasteiger partial charge in [0.05, 0.1) is 0 Å². The van der Waals surface area contributed by atoms with Gasteiger partial charge in [-0.1, -0.05) is 37.3 Å². The van der Waals surface area contributed by atoms with E-state index in [9.17, 15) is 15.0 Å². The highest BCUT2D eigenvalue weighted by Crippen LogP contribution is 2.28. The second kappa shape index (κ2) is 5.92. The van der Waals surface area contributed by atoms with Gasteiger partial charge in [-0.25, -0.2) is 0 Å². The number of phenolic OH excluding ortho intramolecular Hbond substituents is 1. The Morgan fingerprint density at radius 3 is 2.60 bits per heavy atom. The van der Waals surface area contributed by atoms with Crippen molar-refractivity contribution in [3.63, 3.8) is 0 Å². The molecule has 2 N–H and O–H groups in total. The first-order valence-electron chi connectivity index (χ1n) is 6.67. The van der Waals surface area contributed by atoms with Gasteiger partial charge in [-0.15, -0.1) is 0 Å². The van der Waals surface area contributed by atoms with Crippen LogP contribution in [0.1, 0.15) is 18.9 Å². The first-order chi connectivity index (χ1) is 9.54. The summed E-state index contributed by atoms with van der Waals surface area (Å²) >= 11 is 0. The largest absolute Gasteiger partial charge is 0.508 e. The summed E-state index contributed by atoms with van der Waals surface area (Å²) in [7, 11) is 1.77. The van der Waals surface area contributed by atoms with E-state index in [1.165, 1.54) is 0 Å². The molecule has 0 bridgehead atoms. The first kappa shape index (κ1) is 14.3. The molecule has 1 atom stereocenters. The second-order valence-corrected chi connectivity index (χ2v) is 4.96. The number of hydrogen-bond donors (Lipinski definition) is 2. The van der Waals surface area contributed by atoms with E-state index in [1.807, 2.05) is 37.3 Å². The van der Waals surface area contributed by atoms with E-state index in [1.54, 1.807) is 18.0 Å². The van der Waals surface area contributed by atoms with E-state index in [-0.39, 0.29) is 5.75 Å². The minimum absolute atomic E-state index is 0.204. The summed E-state index contributed by atoms with van der Waals surface area (Å²) in [5.41, 5.74) is 0.769. The molecule has 4 nitrogen and oxygen atoms in total. The summed E-state index contributed by atoms with van der Waals surface area (Å²) in [6, 6.07) is 10.8. The third-order valence-corrected chi connectivity index (χ3v) is 3.63. The van der Waals surface area contributed by atoms with Gasteiger partial charge in [0.2, 0.25) is 0 Å². The molecule has 0 aliphatic carbocycles. The van der Waals surface area contributed by atoms with Crippen LogP contribution in [0.2, 0.25) is 0 Å². The van der Waals surface area contributed by atoms with E-state index < -0.39 is 12.0 Å². The highest BCUT2D eigenvalue weighted by molar-refractivity contribution is 5.87. The van der Waals surface area contributed by atoms with Crippen LogP contribution in [0.15, 0.2) is 36.4 Å². The van der Waals surface area contributed by atoms with Gasteiger partial charge < -0.3 is 10.2 Å². The van der Waals surface area contributed by atoms with Crippen molar-refractivity contribution in [3.05, 3.63) is 42.0 Å². The van der Waals surface area contributed by atoms with Crippen molar-refractivity contribution in [2.45, 2.75) is 25.9 Å². The van der Waals surface area contributed by atoms with Gasteiger partial charge in [0.15, 0.2) is 0 Å². The SMILES string of the molecule is CCC(C(=O)O)N(C)Cc1c(O)ccc2ccccc12. The van der Waals surface area contributed by atoms with E-state index in [4.69, 9.17) is 0 Å². The molecule has 0 saturated carbocycles. The van der Waals surface area contributed by atoms with Gasteiger partial charge in [-0.3, -0.25) is 9.69 Å². The number of carboxylic acid groups (broad SMARTS) is 1. The van der Waals surface area contributed by atoms with Crippen LogP contribution in [0.4, 0.5) is 0 Å². The summed E-state index contributed by atoms with van der Waals surface area (Å²) in [6.45, 7) is 2.25. The normalized spacial score (nSPS) is 12.8. The van der Waals surface area contributed by atoms with Crippen molar-refractivity contribution in [1.29, 1.82) is 0 Å². The summed E-state index contributed by atoms with van der Waals surface area (Å²) in [6.07, 6.45) is 0.525. The van der Waals surface area contributed by atoms with Gasteiger partial charge in [0, 0.05) is 12.1 Å². The van der Waals surface area contributed by atoms with Gasteiger partial charge in [-0.05, 0) is 30.3 Å². The molecule has 0 radical (unpaired) electrons. The Bertz CT molecular complexity index is 624. The number of nitrogens with zero attached hydrogens (tertiary/aromatic N) is 1. The molecule has 0 fully saturated rings. The van der Waals surface area contributed by atoms with E-state index in [0.717, 1.165) is 16.3 Å². The van der Waals surface area contributed by atoms with Gasteiger partial charge in [0.1, 0.15) is 11.8 Å². The van der Waals surface area contributed by atoms with Gasteiger partial charge in [-0.2, -0.15) is 0 Å². The van der Waals surface area contributed by atoms with Crippen molar-refractivity contribution >= 4 is 16.7 Å². The molecule has 1 unspecified atom stereocenters. The Hall–Kier alpha value is -2.07. The Morgan fingerprint density at radius 1 is 1.25 bits per heavy atom. The number of aliphatic carboxylic acids is 1. The lowest BCUT2D eigenvalue weighted by Crippen LogP contribution is -2.37. The topological polar surface area (TPSA) is 60.8 Å². The number of benzene rings is 2. The molecule has 0 saturated heterocycles. The lowest BCUT2D eigenvalue weighted by molar-refractivity contribution is -0.143. The maximum absolute atomic E-state index is 11.2. The number of carboxylic acids is 1. The van der Waals surface area contributed by atoms with Crippen LogP contribution in [0.5, 0.6) is 5.75 Å². The standard InChI is InChI=1S/C16H19NO3/c1-3-14(16(19)20)17(2)10-13-12-7-5-4-6-11(12)8-9-15(13)18/h4-9,14,18H,3,10H2,1-2H3,(H,19,20). The smallest absolute Gasteiger partial charge is 0.320 e. The van der Waals surface area contributed by atoms with Crippen LogP contribution < -0.4 is 0 Å². The summed E-state index contributed by atoms with van der Waals surface area (Å²) in [4.78, 5) is 13.0. The van der Waals surface area contributed by atoms with Crippen molar-refractivity contribution in [3.8, 4) is 5.75 Å². The van der Waals surface area contributed by atoms with Crippen LogP contribution in [0, 0.1) is 0 Å². The molecular weight excluding hydrogens is 254 g/mol. The summed E-state index contributed by atoms with van der Waals surface area (Å²) in [5.74, 6) is -0.634. The second-order valence-electron chi connectivity index (χ2n) is 4.96. The molecule has 0 spiro atoms. The third kappa shape index (κ3) is 2.75. The Labute approximate surface area is 118 Å². The van der Waals surface area contributed by atoms with E-state index in [2.05, 4.69) is 0 Å². The third-order valence-electron chi connectivity index (χ3n) is 3.63. The van der Waals surface area contributed by atoms with Crippen molar-refractivity contribution < 1.29 is 15.0 Å². The maximum Gasteiger partial charge on any atom is 0.320 e. The zero-order valence-electron chi connectivity index (χ0n) is 11.7. The molecule has 0 aliphatic rings. The highest BCUT2D eigenvalue weighted by Gasteiger charge is 2.21. The lowest BCUT2D eigenvalue weighted by Gasteiger charge is -2.24. The van der Waals surface area contributed by atoms with Gasteiger partial charge in [0.25, 0.3) is 0 Å². The fourth-order valence-electron chi connectivity index (χ4n) is 2.53. The zero-order chi connectivity index (χ0) is 14.7. The molecule has 0 aliphatic heterocycles. The number of fused-ring (bicyclic) bond motifs is 1. The van der Waals surface area contributed by atoms with Crippen LogP contribution >= 0.6 is 0 Å². The van der Waals surface area contributed by atoms with Crippen LogP contribution in [-0.4, -0.2) is 34.2 Å². The molecule has 106 valence electrons. The monoisotopic (exact) mass is 273 g/mol. The molecule has 4 heteroatoms. The number of rotatable bonds is 5. The molecule has 20 heavy (non-hydrogen) atoms. The maximum atomic E-state index is 11.2. The Kier molecular flexibility index (Phi) is 4.25. The predicted octanol–water partition coefficient (Wildman–Crippen LogP) is 2.84. The average molecular weight is 273 g/mol. The molecule has 2 rings (SSSR count). The van der Waals surface area contributed by atoms with Crippen LogP contribution in [0.3, 0.4) is 0 Å².